The first-order valence-corrected chi connectivity index (χ1v) is 4.02. The highest BCUT2D eigenvalue weighted by atomic mass is 16.1. The second kappa shape index (κ2) is 3.98. The topological polar surface area (TPSA) is 17.1 Å². The van der Waals surface area contributed by atoms with Crippen LogP contribution in [-0.4, -0.2) is 6.29 Å². The van der Waals surface area contributed by atoms with E-state index in [4.69, 9.17) is 6.42 Å². The predicted octanol–water partition coefficient (Wildman–Crippen LogP) is 2.08. The van der Waals surface area contributed by atoms with Crippen LogP contribution in [0.4, 0.5) is 0 Å². The van der Waals surface area contributed by atoms with Crippen LogP contribution < -0.4 is 0 Å². The standard InChI is InChI=1S/C10H12O/c1-2-9-6-4-3-5-7-10(9)8-11/h1,8H,3-7H2. The van der Waals surface area contributed by atoms with Crippen LogP contribution in [0.3, 0.4) is 0 Å². The molecule has 1 nitrogen and oxygen atoms in total. The summed E-state index contributed by atoms with van der Waals surface area (Å²) in [6.07, 6.45) is 11.4. The van der Waals surface area contributed by atoms with E-state index in [9.17, 15) is 4.79 Å². The smallest absolute Gasteiger partial charge is 0.146 e. The largest absolute Gasteiger partial charge is 0.298 e. The van der Waals surface area contributed by atoms with Gasteiger partial charge in [-0.15, -0.1) is 6.42 Å². The highest BCUT2D eigenvalue weighted by Crippen LogP contribution is 2.21. The normalized spacial score (nSPS) is 18.8. The van der Waals surface area contributed by atoms with Gasteiger partial charge in [0.05, 0.1) is 0 Å². The number of rotatable bonds is 1. The molecule has 0 heterocycles. The van der Waals surface area contributed by atoms with Gasteiger partial charge in [0, 0.05) is 11.1 Å². The Kier molecular flexibility index (Phi) is 2.92. The second-order valence-corrected chi connectivity index (χ2v) is 2.83. The highest BCUT2D eigenvalue weighted by molar-refractivity contribution is 5.76. The SMILES string of the molecule is C#CC1=C(C=O)CCCCC1. The molecule has 0 bridgehead atoms. The number of allylic oxidation sites excluding steroid dienone is 2. The molecule has 0 aliphatic heterocycles. The Morgan fingerprint density at radius 2 is 2.00 bits per heavy atom. The summed E-state index contributed by atoms with van der Waals surface area (Å²) in [7, 11) is 0. The summed E-state index contributed by atoms with van der Waals surface area (Å²) in [5.74, 6) is 2.59. The van der Waals surface area contributed by atoms with Crippen LogP contribution >= 0.6 is 0 Å². The summed E-state index contributed by atoms with van der Waals surface area (Å²) in [4.78, 5) is 10.5. The zero-order chi connectivity index (χ0) is 8.10. The Labute approximate surface area is 67.5 Å². The van der Waals surface area contributed by atoms with E-state index >= 15 is 0 Å². The number of carbonyl (C=O) groups is 1. The minimum atomic E-state index is 0.852. The van der Waals surface area contributed by atoms with Crippen molar-refractivity contribution in [1.29, 1.82) is 0 Å². The lowest BCUT2D eigenvalue weighted by atomic mass is 10.1. The zero-order valence-corrected chi connectivity index (χ0v) is 6.60. The fraction of sp³-hybridized carbons (Fsp3) is 0.500. The van der Waals surface area contributed by atoms with Crippen LogP contribution in [-0.2, 0) is 4.79 Å². The second-order valence-electron chi connectivity index (χ2n) is 2.83. The third-order valence-corrected chi connectivity index (χ3v) is 2.08. The van der Waals surface area contributed by atoms with Crippen molar-refractivity contribution < 1.29 is 4.79 Å². The van der Waals surface area contributed by atoms with Gasteiger partial charge in [-0.05, 0) is 25.7 Å². The van der Waals surface area contributed by atoms with Crippen LogP contribution in [0.1, 0.15) is 32.1 Å². The molecular formula is C10H12O. The molecule has 11 heavy (non-hydrogen) atoms. The summed E-state index contributed by atoms with van der Waals surface area (Å²) in [5.41, 5.74) is 1.78. The highest BCUT2D eigenvalue weighted by Gasteiger charge is 2.07. The molecule has 0 aromatic rings. The fourth-order valence-corrected chi connectivity index (χ4v) is 1.40. The molecule has 0 fully saturated rings. The quantitative estimate of drug-likeness (QED) is 0.411. The van der Waals surface area contributed by atoms with Gasteiger partial charge in [-0.1, -0.05) is 12.3 Å². The molecule has 1 rings (SSSR count). The number of hydrogen-bond acceptors (Lipinski definition) is 1. The van der Waals surface area contributed by atoms with Crippen molar-refractivity contribution in [3.05, 3.63) is 11.1 Å². The van der Waals surface area contributed by atoms with Crippen molar-refractivity contribution in [1.82, 2.24) is 0 Å². The molecule has 0 saturated heterocycles. The predicted molar refractivity (Wildman–Crippen MR) is 45.0 cm³/mol. The van der Waals surface area contributed by atoms with Gasteiger partial charge < -0.3 is 0 Å². The molecular weight excluding hydrogens is 136 g/mol. The van der Waals surface area contributed by atoms with Gasteiger partial charge >= 0.3 is 0 Å². The van der Waals surface area contributed by atoms with Gasteiger partial charge in [0.25, 0.3) is 0 Å². The lowest BCUT2D eigenvalue weighted by molar-refractivity contribution is -0.105. The third-order valence-electron chi connectivity index (χ3n) is 2.08. The Morgan fingerprint density at radius 3 is 2.64 bits per heavy atom. The maximum Gasteiger partial charge on any atom is 0.146 e. The molecule has 0 radical (unpaired) electrons. The van der Waals surface area contributed by atoms with E-state index in [1.54, 1.807) is 0 Å². The first-order valence-electron chi connectivity index (χ1n) is 4.02. The average molecular weight is 148 g/mol. The first kappa shape index (κ1) is 8.07. The Balaban J connectivity index is 2.82. The minimum Gasteiger partial charge on any atom is -0.298 e. The van der Waals surface area contributed by atoms with Crippen LogP contribution in [0.15, 0.2) is 11.1 Å². The summed E-state index contributed by atoms with van der Waals surface area (Å²) < 4.78 is 0. The van der Waals surface area contributed by atoms with Crippen LogP contribution in [0.5, 0.6) is 0 Å². The maximum absolute atomic E-state index is 10.5. The van der Waals surface area contributed by atoms with Crippen molar-refractivity contribution in [2.75, 3.05) is 0 Å². The number of carbonyl (C=O) groups excluding carboxylic acids is 1. The van der Waals surface area contributed by atoms with Crippen molar-refractivity contribution in [3.63, 3.8) is 0 Å². The molecule has 0 aromatic carbocycles. The van der Waals surface area contributed by atoms with Crippen molar-refractivity contribution in [2.24, 2.45) is 0 Å². The summed E-state index contributed by atoms with van der Waals surface area (Å²) >= 11 is 0. The van der Waals surface area contributed by atoms with Gasteiger partial charge in [-0.2, -0.15) is 0 Å². The zero-order valence-electron chi connectivity index (χ0n) is 6.60. The van der Waals surface area contributed by atoms with Gasteiger partial charge in [0.1, 0.15) is 6.29 Å². The Bertz CT molecular complexity index is 218. The molecule has 0 saturated carbocycles. The number of aldehydes is 1. The summed E-state index contributed by atoms with van der Waals surface area (Å²) in [5, 5.41) is 0. The van der Waals surface area contributed by atoms with Crippen molar-refractivity contribution in [3.8, 4) is 12.3 Å². The number of terminal acetylenes is 1. The van der Waals surface area contributed by atoms with Gasteiger partial charge in [0.2, 0.25) is 0 Å². The third kappa shape index (κ3) is 1.94. The van der Waals surface area contributed by atoms with E-state index in [-0.39, 0.29) is 0 Å². The van der Waals surface area contributed by atoms with Crippen molar-refractivity contribution in [2.45, 2.75) is 32.1 Å². The molecule has 1 aliphatic rings. The lowest BCUT2D eigenvalue weighted by Gasteiger charge is -1.97. The Hall–Kier alpha value is -1.03. The van der Waals surface area contributed by atoms with E-state index in [2.05, 4.69) is 5.92 Å². The average Bonchev–Trinajstić information content (AvgIpc) is 2.27. The number of hydrogen-bond donors (Lipinski definition) is 0. The molecule has 1 aliphatic carbocycles. The van der Waals surface area contributed by atoms with E-state index in [0.29, 0.717) is 0 Å². The van der Waals surface area contributed by atoms with Gasteiger partial charge in [-0.3, -0.25) is 4.79 Å². The summed E-state index contributed by atoms with van der Waals surface area (Å²) in [6, 6.07) is 0. The fourth-order valence-electron chi connectivity index (χ4n) is 1.40. The molecule has 1 heteroatoms. The van der Waals surface area contributed by atoms with Crippen LogP contribution in [0.25, 0.3) is 0 Å². The first-order chi connectivity index (χ1) is 5.38. The maximum atomic E-state index is 10.5. The lowest BCUT2D eigenvalue weighted by Crippen LogP contribution is -1.88. The van der Waals surface area contributed by atoms with Gasteiger partial charge in [-0.25, -0.2) is 0 Å². The van der Waals surface area contributed by atoms with E-state index in [1.165, 1.54) is 6.42 Å². The molecule has 0 aromatic heterocycles. The van der Waals surface area contributed by atoms with Crippen molar-refractivity contribution >= 4 is 6.29 Å². The van der Waals surface area contributed by atoms with E-state index < -0.39 is 0 Å². The van der Waals surface area contributed by atoms with Crippen LogP contribution in [0.2, 0.25) is 0 Å². The van der Waals surface area contributed by atoms with E-state index in [0.717, 1.165) is 43.1 Å². The molecule has 0 N–H and O–H groups in total. The molecule has 0 unspecified atom stereocenters. The molecule has 58 valence electrons. The monoisotopic (exact) mass is 148 g/mol. The molecule has 0 spiro atoms. The Morgan fingerprint density at radius 1 is 1.27 bits per heavy atom. The molecule has 0 amide bonds. The molecule has 0 atom stereocenters. The summed E-state index contributed by atoms with van der Waals surface area (Å²) in [6.45, 7) is 0. The van der Waals surface area contributed by atoms with Crippen LogP contribution in [0, 0.1) is 12.3 Å². The minimum absolute atomic E-state index is 0.852. The van der Waals surface area contributed by atoms with E-state index in [1.807, 2.05) is 0 Å². The van der Waals surface area contributed by atoms with Gasteiger partial charge in [0.15, 0.2) is 0 Å².